The lowest BCUT2D eigenvalue weighted by molar-refractivity contribution is 0.604. The molecule has 0 aromatic rings. The summed E-state index contributed by atoms with van der Waals surface area (Å²) in [5.41, 5.74) is 0. The van der Waals surface area contributed by atoms with E-state index in [0.717, 1.165) is 0 Å². The van der Waals surface area contributed by atoms with Crippen LogP contribution >= 0.6 is 0 Å². The Morgan fingerprint density at radius 1 is 1.73 bits per heavy atom. The molecule has 60 valence electrons. The predicted octanol–water partition coefficient (Wildman–Crippen LogP) is 0.903. The van der Waals surface area contributed by atoms with Crippen LogP contribution in [-0.2, 0) is 9.84 Å². The van der Waals surface area contributed by atoms with E-state index in [1.54, 1.807) is 6.08 Å². The van der Waals surface area contributed by atoms with E-state index in [4.69, 9.17) is 0 Å². The molecule has 0 spiro atoms. The van der Waals surface area contributed by atoms with Crippen LogP contribution in [0.3, 0.4) is 0 Å². The number of nitrogens with zero attached hydrogens (tertiary/aromatic N) is 1. The molecule has 1 aliphatic rings. The summed E-state index contributed by atoms with van der Waals surface area (Å²) < 4.78 is 22.3. The Kier molecular flexibility index (Phi) is 2.24. The van der Waals surface area contributed by atoms with Gasteiger partial charge in [0, 0.05) is 18.8 Å². The van der Waals surface area contributed by atoms with E-state index >= 15 is 0 Å². The molecule has 0 fully saturated rings. The van der Waals surface area contributed by atoms with Gasteiger partial charge in [0.05, 0.1) is 10.7 Å². The summed E-state index contributed by atoms with van der Waals surface area (Å²) in [4.78, 5) is 4.12. The average Bonchev–Trinajstić information content (AvgIpc) is 1.94. The molecule has 0 bridgehead atoms. The zero-order chi connectivity index (χ0) is 8.32. The lowest BCUT2D eigenvalue weighted by atomic mass is 10.4. The van der Waals surface area contributed by atoms with Gasteiger partial charge in [0.15, 0.2) is 9.84 Å². The summed E-state index contributed by atoms with van der Waals surface area (Å²) in [6.45, 7) is 3.46. The van der Waals surface area contributed by atoms with Crippen LogP contribution in [0.4, 0.5) is 0 Å². The van der Waals surface area contributed by atoms with Crippen molar-refractivity contribution in [3.8, 4) is 0 Å². The van der Waals surface area contributed by atoms with Crippen molar-refractivity contribution in [1.82, 2.24) is 0 Å². The Labute approximate surface area is 66.1 Å². The Morgan fingerprint density at radius 3 is 3.00 bits per heavy atom. The predicted molar refractivity (Wildman–Crippen MR) is 45.2 cm³/mol. The minimum atomic E-state index is -3.05. The first-order chi connectivity index (χ1) is 5.17. The summed E-state index contributed by atoms with van der Waals surface area (Å²) in [7, 11) is -3.05. The smallest absolute Gasteiger partial charge is 0.181 e. The van der Waals surface area contributed by atoms with Gasteiger partial charge in [-0.15, -0.1) is 6.58 Å². The highest BCUT2D eigenvalue weighted by molar-refractivity contribution is 7.95. The van der Waals surface area contributed by atoms with E-state index in [1.165, 1.54) is 12.4 Å². The third-order valence-electron chi connectivity index (χ3n) is 1.36. The minimum Gasteiger partial charge on any atom is -0.267 e. The molecule has 1 heterocycles. The highest BCUT2D eigenvalue weighted by Gasteiger charge is 2.17. The number of hydrogen-bond donors (Lipinski definition) is 0. The summed E-state index contributed by atoms with van der Waals surface area (Å²) in [6, 6.07) is 0. The SMILES string of the molecule is C=CCC1=CN=CCS1(=O)=O. The Morgan fingerprint density at radius 2 is 2.45 bits per heavy atom. The van der Waals surface area contributed by atoms with Gasteiger partial charge < -0.3 is 0 Å². The fraction of sp³-hybridized carbons (Fsp3) is 0.286. The maximum Gasteiger partial charge on any atom is 0.181 e. The molecule has 0 atom stereocenters. The van der Waals surface area contributed by atoms with Crippen LogP contribution in [0, 0.1) is 0 Å². The Bertz CT molecular complexity index is 311. The van der Waals surface area contributed by atoms with Crippen molar-refractivity contribution in [3.63, 3.8) is 0 Å². The maximum atomic E-state index is 11.2. The van der Waals surface area contributed by atoms with E-state index in [9.17, 15) is 8.42 Å². The molecule has 3 nitrogen and oxygen atoms in total. The molecule has 0 amide bonds. The molecule has 0 N–H and O–H groups in total. The molecule has 0 aromatic heterocycles. The van der Waals surface area contributed by atoms with Gasteiger partial charge in [-0.2, -0.15) is 0 Å². The largest absolute Gasteiger partial charge is 0.267 e. The van der Waals surface area contributed by atoms with Crippen molar-refractivity contribution in [2.45, 2.75) is 6.42 Å². The van der Waals surface area contributed by atoms with Crippen molar-refractivity contribution in [3.05, 3.63) is 23.8 Å². The second kappa shape index (κ2) is 3.00. The molecule has 0 aromatic carbocycles. The van der Waals surface area contributed by atoms with E-state index < -0.39 is 9.84 Å². The van der Waals surface area contributed by atoms with Gasteiger partial charge in [0.1, 0.15) is 0 Å². The molecule has 0 unspecified atom stereocenters. The van der Waals surface area contributed by atoms with Crippen LogP contribution < -0.4 is 0 Å². The van der Waals surface area contributed by atoms with E-state index in [0.29, 0.717) is 11.3 Å². The summed E-state index contributed by atoms with van der Waals surface area (Å²) in [5, 5.41) is 0. The molecular formula is C7H9NO2S. The summed E-state index contributed by atoms with van der Waals surface area (Å²) in [6.07, 6.45) is 4.70. The standard InChI is InChI=1S/C7H9NO2S/c1-2-3-7-6-8-4-5-11(7,9)10/h2,4,6H,1,3,5H2. The monoisotopic (exact) mass is 171 g/mol. The molecule has 0 saturated heterocycles. The first kappa shape index (κ1) is 8.20. The zero-order valence-corrected chi connectivity index (χ0v) is 6.84. The zero-order valence-electron chi connectivity index (χ0n) is 6.03. The van der Waals surface area contributed by atoms with Gasteiger partial charge in [-0.05, 0) is 0 Å². The normalized spacial score (nSPS) is 20.9. The third kappa shape index (κ3) is 1.77. The fourth-order valence-electron chi connectivity index (χ4n) is 0.786. The van der Waals surface area contributed by atoms with Crippen LogP contribution in [0.5, 0.6) is 0 Å². The van der Waals surface area contributed by atoms with Crippen LogP contribution in [0.1, 0.15) is 6.42 Å². The van der Waals surface area contributed by atoms with Gasteiger partial charge in [0.25, 0.3) is 0 Å². The highest BCUT2D eigenvalue weighted by atomic mass is 32.2. The minimum absolute atomic E-state index is 0.0205. The second-order valence-corrected chi connectivity index (χ2v) is 4.29. The van der Waals surface area contributed by atoms with Gasteiger partial charge in [-0.25, -0.2) is 8.42 Å². The van der Waals surface area contributed by atoms with Crippen LogP contribution in [0.2, 0.25) is 0 Å². The van der Waals surface area contributed by atoms with Crippen LogP contribution in [-0.4, -0.2) is 20.4 Å². The quantitative estimate of drug-likeness (QED) is 0.579. The Balaban J connectivity index is 2.97. The lowest BCUT2D eigenvalue weighted by Gasteiger charge is -2.05. The van der Waals surface area contributed by atoms with Gasteiger partial charge >= 0.3 is 0 Å². The number of sulfone groups is 1. The van der Waals surface area contributed by atoms with Crippen molar-refractivity contribution < 1.29 is 8.42 Å². The number of rotatable bonds is 2. The molecular weight excluding hydrogens is 162 g/mol. The first-order valence-electron chi connectivity index (χ1n) is 3.21. The number of aliphatic imine (C=N–C) groups is 1. The molecule has 1 aliphatic heterocycles. The van der Waals surface area contributed by atoms with E-state index in [2.05, 4.69) is 11.6 Å². The molecule has 1 rings (SSSR count). The van der Waals surface area contributed by atoms with Crippen molar-refractivity contribution in [2.24, 2.45) is 4.99 Å². The topological polar surface area (TPSA) is 46.5 Å². The van der Waals surface area contributed by atoms with Gasteiger partial charge in [-0.1, -0.05) is 6.08 Å². The fourth-order valence-corrected chi connectivity index (χ4v) is 1.88. The van der Waals surface area contributed by atoms with Gasteiger partial charge in [0.2, 0.25) is 0 Å². The molecule has 4 heteroatoms. The molecule has 0 saturated carbocycles. The maximum absolute atomic E-state index is 11.2. The van der Waals surface area contributed by atoms with Crippen LogP contribution in [0.15, 0.2) is 28.8 Å². The van der Waals surface area contributed by atoms with Crippen LogP contribution in [0.25, 0.3) is 0 Å². The van der Waals surface area contributed by atoms with Crippen molar-refractivity contribution >= 4 is 16.1 Å². The van der Waals surface area contributed by atoms with Gasteiger partial charge in [-0.3, -0.25) is 4.99 Å². The summed E-state index contributed by atoms with van der Waals surface area (Å²) >= 11 is 0. The Hall–Kier alpha value is -0.900. The number of allylic oxidation sites excluding steroid dienone is 2. The lowest BCUT2D eigenvalue weighted by Crippen LogP contribution is -2.12. The van der Waals surface area contributed by atoms with E-state index in [-0.39, 0.29) is 5.75 Å². The molecule has 0 radical (unpaired) electrons. The molecule has 11 heavy (non-hydrogen) atoms. The van der Waals surface area contributed by atoms with Crippen molar-refractivity contribution in [1.29, 1.82) is 0 Å². The van der Waals surface area contributed by atoms with Crippen molar-refractivity contribution in [2.75, 3.05) is 5.75 Å². The average molecular weight is 171 g/mol. The third-order valence-corrected chi connectivity index (χ3v) is 3.02. The highest BCUT2D eigenvalue weighted by Crippen LogP contribution is 2.14. The first-order valence-corrected chi connectivity index (χ1v) is 4.86. The number of hydrogen-bond acceptors (Lipinski definition) is 3. The molecule has 0 aliphatic carbocycles. The second-order valence-electron chi connectivity index (χ2n) is 2.20. The van der Waals surface area contributed by atoms with E-state index in [1.807, 2.05) is 0 Å². The summed E-state index contributed by atoms with van der Waals surface area (Å²) in [5.74, 6) is 0.0205.